The van der Waals surface area contributed by atoms with Crippen LogP contribution in [0.1, 0.15) is 0 Å². The van der Waals surface area contributed by atoms with Crippen molar-refractivity contribution < 1.29 is 70.6 Å². The molecular weight excluding hydrogens is 565 g/mol. The first-order valence-corrected chi connectivity index (χ1v) is 12.9. The molecule has 0 aliphatic carbocycles. The predicted molar refractivity (Wildman–Crippen MR) is 135 cm³/mol. The molecule has 1 aliphatic heterocycles. The second-order valence-corrected chi connectivity index (χ2v) is 7.65. The van der Waals surface area contributed by atoms with E-state index >= 15 is 0 Å². The van der Waals surface area contributed by atoms with Gasteiger partial charge in [0.1, 0.15) is 0 Å². The van der Waals surface area contributed by atoms with Gasteiger partial charge in [-0.2, -0.15) is 13.2 Å². The lowest BCUT2D eigenvalue weighted by molar-refractivity contribution is -0.192. The molecule has 0 bridgehead atoms. The van der Waals surface area contributed by atoms with Crippen LogP contribution >= 0.6 is 0 Å². The first kappa shape index (κ1) is 38.8. The molecule has 0 saturated carbocycles. The normalized spacial score (nSPS) is 13.1. The molecule has 14 nitrogen and oxygen atoms in total. The summed E-state index contributed by atoms with van der Waals surface area (Å²) >= 11 is 0. The summed E-state index contributed by atoms with van der Waals surface area (Å²) in [6.45, 7) is 8.42. The zero-order valence-electron chi connectivity index (χ0n) is 23.0. The monoisotopic (exact) mass is 606 g/mol. The molecule has 1 heterocycles. The quantitative estimate of drug-likeness (QED) is 0.0966. The summed E-state index contributed by atoms with van der Waals surface area (Å²) in [6.07, 6.45) is -2.57. The molecule has 17 heteroatoms. The Bertz CT molecular complexity index is 696. The van der Waals surface area contributed by atoms with Crippen LogP contribution in [0.25, 0.3) is 0 Å². The number of rotatable bonds is 26. The Kier molecular flexibility index (Phi) is 25.2. The molecule has 0 aromatic rings. The lowest BCUT2D eigenvalue weighted by Gasteiger charge is -2.13. The van der Waals surface area contributed by atoms with Gasteiger partial charge in [-0.25, -0.2) is 4.79 Å². The van der Waals surface area contributed by atoms with Crippen molar-refractivity contribution in [2.45, 2.75) is 6.18 Å². The van der Waals surface area contributed by atoms with Crippen LogP contribution in [0.5, 0.6) is 0 Å². The van der Waals surface area contributed by atoms with Crippen LogP contribution in [-0.2, 0) is 52.3 Å². The molecule has 0 saturated heterocycles. The third-order valence-corrected chi connectivity index (χ3v) is 4.47. The van der Waals surface area contributed by atoms with Gasteiger partial charge in [-0.05, 0) is 0 Å². The Morgan fingerprint density at radius 2 is 0.854 bits per heavy atom. The summed E-state index contributed by atoms with van der Waals surface area (Å²) < 4.78 is 74.6. The number of nitrogens with two attached hydrogens (primary N) is 1. The van der Waals surface area contributed by atoms with E-state index in [1.165, 1.54) is 12.2 Å². The smallest absolute Gasteiger partial charge is 0.475 e. The van der Waals surface area contributed by atoms with Gasteiger partial charge in [0, 0.05) is 18.7 Å². The summed E-state index contributed by atoms with van der Waals surface area (Å²) in [5, 5.41) is 7.12. The highest BCUT2D eigenvalue weighted by molar-refractivity contribution is 6.12. The van der Waals surface area contributed by atoms with Gasteiger partial charge >= 0.3 is 12.1 Å². The second-order valence-electron chi connectivity index (χ2n) is 7.65. The van der Waals surface area contributed by atoms with Crippen molar-refractivity contribution in [2.75, 3.05) is 119 Å². The van der Waals surface area contributed by atoms with E-state index in [-0.39, 0.29) is 25.0 Å². The number of nitrogens with zero attached hydrogens (tertiary/aromatic N) is 1. The fraction of sp³-hybridized carbons (Fsp3) is 0.792. The summed E-state index contributed by atoms with van der Waals surface area (Å²) in [7, 11) is 0. The number of aliphatic carboxylic acids is 1. The number of halogens is 3. The van der Waals surface area contributed by atoms with E-state index in [0.29, 0.717) is 106 Å². The zero-order chi connectivity index (χ0) is 30.6. The van der Waals surface area contributed by atoms with Crippen molar-refractivity contribution in [1.82, 2.24) is 4.90 Å². The molecule has 0 fully saturated rings. The molecule has 1 aliphatic rings. The Morgan fingerprint density at radius 3 is 1.10 bits per heavy atom. The van der Waals surface area contributed by atoms with Crippen molar-refractivity contribution in [2.24, 2.45) is 5.73 Å². The van der Waals surface area contributed by atoms with E-state index in [9.17, 15) is 22.8 Å². The third-order valence-electron chi connectivity index (χ3n) is 4.47. The van der Waals surface area contributed by atoms with Crippen molar-refractivity contribution in [1.29, 1.82) is 0 Å². The van der Waals surface area contributed by atoms with Gasteiger partial charge in [-0.1, -0.05) is 0 Å². The van der Waals surface area contributed by atoms with E-state index in [0.717, 1.165) is 4.90 Å². The SMILES string of the molecule is NCCOCCOCCOCCOCCOCCOCCOCCOCCN1C(=O)C=CC1=O.O=C(O)C(F)(F)F. The number of ether oxygens (including phenoxy) is 8. The van der Waals surface area contributed by atoms with E-state index in [1.54, 1.807) is 0 Å². The van der Waals surface area contributed by atoms with Crippen LogP contribution in [0.15, 0.2) is 12.2 Å². The first-order chi connectivity index (χ1) is 19.7. The average Bonchev–Trinajstić information content (AvgIpc) is 3.25. The topological polar surface area (TPSA) is 175 Å². The Balaban J connectivity index is 0.00000201. The third kappa shape index (κ3) is 25.2. The molecule has 240 valence electrons. The molecule has 2 amide bonds. The lowest BCUT2D eigenvalue weighted by atomic mass is 10.5. The predicted octanol–water partition coefficient (Wildman–Crippen LogP) is -0.364. The molecule has 41 heavy (non-hydrogen) atoms. The van der Waals surface area contributed by atoms with E-state index in [4.69, 9.17) is 53.5 Å². The zero-order valence-corrected chi connectivity index (χ0v) is 23.0. The summed E-state index contributed by atoms with van der Waals surface area (Å²) in [4.78, 5) is 32.7. The van der Waals surface area contributed by atoms with E-state index < -0.39 is 12.1 Å². The molecule has 0 spiro atoms. The van der Waals surface area contributed by atoms with Crippen LogP contribution in [0.4, 0.5) is 13.2 Å². The minimum absolute atomic E-state index is 0.245. The fourth-order valence-corrected chi connectivity index (χ4v) is 2.53. The molecule has 0 unspecified atom stereocenters. The number of carboxylic acids is 1. The number of hydrogen-bond donors (Lipinski definition) is 2. The van der Waals surface area contributed by atoms with Gasteiger partial charge in [-0.3, -0.25) is 14.5 Å². The van der Waals surface area contributed by atoms with Crippen LogP contribution in [0.2, 0.25) is 0 Å². The molecule has 3 N–H and O–H groups in total. The van der Waals surface area contributed by atoms with Gasteiger partial charge in [0.2, 0.25) is 0 Å². The molecule has 0 aromatic heterocycles. The average molecular weight is 607 g/mol. The summed E-state index contributed by atoms with van der Waals surface area (Å²) in [5.41, 5.74) is 5.31. The highest BCUT2D eigenvalue weighted by Crippen LogP contribution is 2.13. The first-order valence-electron chi connectivity index (χ1n) is 12.9. The Morgan fingerprint density at radius 1 is 0.610 bits per heavy atom. The molecule has 0 radical (unpaired) electrons. The fourth-order valence-electron chi connectivity index (χ4n) is 2.53. The molecular formula is C24H41F3N2O12. The van der Waals surface area contributed by atoms with E-state index in [2.05, 4.69) is 0 Å². The second kappa shape index (κ2) is 26.7. The number of carboxylic acid groups (broad SMARTS) is 1. The standard InChI is InChI=1S/C22H40N2O10.C2HF3O2/c23-3-5-27-7-9-29-11-13-31-15-17-33-19-20-34-18-16-32-14-12-30-10-8-28-6-4-24-21(25)1-2-22(24)26;3-2(4,5)1(6)7/h1-2H,3-20,23H2;(H,6,7). The summed E-state index contributed by atoms with van der Waals surface area (Å²) in [5.74, 6) is -3.36. The molecule has 0 atom stereocenters. The molecule has 0 aromatic carbocycles. The highest BCUT2D eigenvalue weighted by Gasteiger charge is 2.38. The van der Waals surface area contributed by atoms with E-state index in [1.807, 2.05) is 0 Å². The number of carbonyl (C=O) groups is 3. The van der Waals surface area contributed by atoms with Crippen molar-refractivity contribution in [3.05, 3.63) is 12.2 Å². The van der Waals surface area contributed by atoms with Crippen LogP contribution in [0, 0.1) is 0 Å². The van der Waals surface area contributed by atoms with Crippen LogP contribution in [-0.4, -0.2) is 153 Å². The largest absolute Gasteiger partial charge is 0.490 e. The maximum absolute atomic E-state index is 11.3. The number of amides is 2. The molecule has 1 rings (SSSR count). The van der Waals surface area contributed by atoms with Crippen molar-refractivity contribution in [3.8, 4) is 0 Å². The number of imide groups is 1. The van der Waals surface area contributed by atoms with Crippen LogP contribution in [0.3, 0.4) is 0 Å². The van der Waals surface area contributed by atoms with Gasteiger partial charge in [-0.15, -0.1) is 0 Å². The van der Waals surface area contributed by atoms with Gasteiger partial charge in [0.15, 0.2) is 0 Å². The van der Waals surface area contributed by atoms with Gasteiger partial charge < -0.3 is 48.7 Å². The van der Waals surface area contributed by atoms with Crippen molar-refractivity contribution >= 4 is 17.8 Å². The van der Waals surface area contributed by atoms with Crippen LogP contribution < -0.4 is 5.73 Å². The Hall–Kier alpha value is -2.22. The number of carbonyl (C=O) groups excluding carboxylic acids is 2. The number of alkyl halides is 3. The lowest BCUT2D eigenvalue weighted by Crippen LogP contribution is -2.33. The highest BCUT2D eigenvalue weighted by atomic mass is 19.4. The number of hydrogen-bond acceptors (Lipinski definition) is 12. The van der Waals surface area contributed by atoms with Gasteiger partial charge in [0.05, 0.1) is 112 Å². The Labute approximate surface area is 236 Å². The maximum atomic E-state index is 11.3. The maximum Gasteiger partial charge on any atom is 0.490 e. The van der Waals surface area contributed by atoms with Gasteiger partial charge in [0.25, 0.3) is 11.8 Å². The minimum Gasteiger partial charge on any atom is -0.475 e. The minimum atomic E-state index is -5.08. The van der Waals surface area contributed by atoms with Crippen molar-refractivity contribution in [3.63, 3.8) is 0 Å². The summed E-state index contributed by atoms with van der Waals surface area (Å²) in [6, 6.07) is 0.